The summed E-state index contributed by atoms with van der Waals surface area (Å²) in [6.07, 6.45) is 0. The number of rotatable bonds is 3. The van der Waals surface area contributed by atoms with Gasteiger partial charge in [-0.15, -0.1) is 11.3 Å². The fourth-order valence-corrected chi connectivity index (χ4v) is 3.21. The van der Waals surface area contributed by atoms with Crippen molar-refractivity contribution in [2.24, 2.45) is 0 Å². The summed E-state index contributed by atoms with van der Waals surface area (Å²) in [5.41, 5.74) is 0.540. The maximum atomic E-state index is 11.6. The molecule has 1 heterocycles. The van der Waals surface area contributed by atoms with Gasteiger partial charge in [-0.3, -0.25) is 0 Å². The quantitative estimate of drug-likeness (QED) is 0.621. The molecule has 0 spiro atoms. The van der Waals surface area contributed by atoms with Crippen LogP contribution in [0.25, 0.3) is 0 Å². The minimum absolute atomic E-state index is 0.339. The van der Waals surface area contributed by atoms with E-state index in [1.54, 1.807) is 6.92 Å². The van der Waals surface area contributed by atoms with Crippen molar-refractivity contribution in [2.75, 3.05) is 25.6 Å². The normalized spacial score (nSPS) is 9.69. The maximum Gasteiger partial charge on any atom is 0.349 e. The Morgan fingerprint density at radius 2 is 2.25 bits per heavy atom. The lowest BCUT2D eigenvalue weighted by Gasteiger charge is -2.08. The van der Waals surface area contributed by atoms with Crippen LogP contribution in [0.4, 0.5) is 5.00 Å². The Balaban J connectivity index is 3.24. The molecular formula is C10H11IN2O2S. The van der Waals surface area contributed by atoms with Crippen LogP contribution in [-0.2, 0) is 4.74 Å². The highest BCUT2D eigenvalue weighted by Crippen LogP contribution is 2.35. The number of halogens is 1. The Bertz CT molecular complexity index is 448. The fourth-order valence-electron chi connectivity index (χ4n) is 1.14. The summed E-state index contributed by atoms with van der Waals surface area (Å²) in [6.45, 7) is 2.10. The predicted molar refractivity (Wildman–Crippen MR) is 72.0 cm³/mol. The van der Waals surface area contributed by atoms with Gasteiger partial charge in [0.2, 0.25) is 0 Å². The molecule has 0 radical (unpaired) electrons. The van der Waals surface area contributed by atoms with E-state index in [0.717, 1.165) is 5.00 Å². The number of carbonyl (C=O) groups excluding carboxylic acids is 1. The van der Waals surface area contributed by atoms with Gasteiger partial charge in [0, 0.05) is 14.1 Å². The third kappa shape index (κ3) is 2.47. The van der Waals surface area contributed by atoms with Gasteiger partial charge in [-0.1, -0.05) is 0 Å². The van der Waals surface area contributed by atoms with E-state index in [1.165, 1.54) is 11.3 Å². The molecule has 1 rings (SSSR count). The van der Waals surface area contributed by atoms with Crippen LogP contribution in [0.5, 0.6) is 0 Å². The molecular weight excluding hydrogens is 339 g/mol. The minimum Gasteiger partial charge on any atom is -0.462 e. The standard InChI is InChI=1S/C10H11IN2O2S/c1-4-15-10(14)8-7(11)6(5-12)9(16-8)13(2)3/h4H2,1-3H3. The van der Waals surface area contributed by atoms with Crippen LogP contribution < -0.4 is 4.90 Å². The first-order valence-electron chi connectivity index (χ1n) is 4.59. The molecule has 0 saturated heterocycles. The summed E-state index contributed by atoms with van der Waals surface area (Å²) in [6, 6.07) is 2.12. The number of ether oxygens (including phenoxy) is 1. The molecule has 0 saturated carbocycles. The van der Waals surface area contributed by atoms with Crippen molar-refractivity contribution in [1.29, 1.82) is 5.26 Å². The number of esters is 1. The van der Waals surface area contributed by atoms with Crippen LogP contribution in [0.3, 0.4) is 0 Å². The molecule has 0 aliphatic rings. The molecule has 0 aliphatic carbocycles. The second-order valence-corrected chi connectivity index (χ2v) is 5.23. The van der Waals surface area contributed by atoms with Gasteiger partial charge in [0.05, 0.1) is 10.2 Å². The molecule has 0 unspecified atom stereocenters. The molecule has 0 aliphatic heterocycles. The van der Waals surface area contributed by atoms with Crippen LogP contribution in [0.1, 0.15) is 22.2 Å². The van der Waals surface area contributed by atoms with E-state index in [-0.39, 0.29) is 5.97 Å². The summed E-state index contributed by atoms with van der Waals surface area (Å²) >= 11 is 3.30. The Kier molecular flexibility index (Phi) is 4.56. The van der Waals surface area contributed by atoms with E-state index in [4.69, 9.17) is 10.00 Å². The first-order valence-corrected chi connectivity index (χ1v) is 6.49. The lowest BCUT2D eigenvalue weighted by molar-refractivity contribution is 0.0531. The third-order valence-corrected chi connectivity index (χ3v) is 4.59. The van der Waals surface area contributed by atoms with Crippen molar-refractivity contribution in [3.63, 3.8) is 0 Å². The Hall–Kier alpha value is -0.810. The molecule has 0 fully saturated rings. The van der Waals surface area contributed by atoms with Gasteiger partial charge in [0.1, 0.15) is 21.5 Å². The van der Waals surface area contributed by atoms with Crippen LogP contribution in [0, 0.1) is 14.9 Å². The monoisotopic (exact) mass is 350 g/mol. The van der Waals surface area contributed by atoms with E-state index in [2.05, 4.69) is 6.07 Å². The van der Waals surface area contributed by atoms with E-state index >= 15 is 0 Å². The average Bonchev–Trinajstić information content (AvgIpc) is 2.55. The van der Waals surface area contributed by atoms with Crippen LogP contribution in [0.2, 0.25) is 0 Å². The van der Waals surface area contributed by atoms with Crippen molar-refractivity contribution in [3.05, 3.63) is 14.0 Å². The van der Waals surface area contributed by atoms with Crippen molar-refractivity contribution < 1.29 is 9.53 Å². The molecule has 0 amide bonds. The first kappa shape index (κ1) is 13.3. The van der Waals surface area contributed by atoms with Gasteiger partial charge in [0.25, 0.3) is 0 Å². The van der Waals surface area contributed by atoms with Crippen LogP contribution >= 0.6 is 33.9 Å². The lowest BCUT2D eigenvalue weighted by atomic mass is 10.3. The number of hydrogen-bond acceptors (Lipinski definition) is 5. The van der Waals surface area contributed by atoms with Gasteiger partial charge in [-0.2, -0.15) is 5.26 Å². The minimum atomic E-state index is -0.360. The predicted octanol–water partition coefficient (Wildman–Crippen LogP) is 2.47. The Morgan fingerprint density at radius 3 is 2.62 bits per heavy atom. The summed E-state index contributed by atoms with van der Waals surface area (Å²) in [4.78, 5) is 14.0. The zero-order valence-corrected chi connectivity index (χ0v) is 12.2. The number of nitrogens with zero attached hydrogens (tertiary/aromatic N) is 2. The zero-order chi connectivity index (χ0) is 12.3. The van der Waals surface area contributed by atoms with Gasteiger partial charge >= 0.3 is 5.97 Å². The lowest BCUT2D eigenvalue weighted by Crippen LogP contribution is -2.07. The van der Waals surface area contributed by atoms with Gasteiger partial charge in [0.15, 0.2) is 0 Å². The fraction of sp³-hybridized carbons (Fsp3) is 0.400. The topological polar surface area (TPSA) is 53.3 Å². The first-order chi connectivity index (χ1) is 7.52. The molecule has 0 bridgehead atoms. The molecule has 0 aromatic carbocycles. The molecule has 86 valence electrons. The zero-order valence-electron chi connectivity index (χ0n) is 9.20. The van der Waals surface area contributed by atoms with E-state index in [0.29, 0.717) is 20.6 Å². The highest BCUT2D eigenvalue weighted by atomic mass is 127. The van der Waals surface area contributed by atoms with Gasteiger partial charge < -0.3 is 9.64 Å². The maximum absolute atomic E-state index is 11.6. The molecule has 0 atom stereocenters. The number of hydrogen-bond donors (Lipinski definition) is 0. The number of thiophene rings is 1. The van der Waals surface area contributed by atoms with Crippen LogP contribution in [-0.4, -0.2) is 26.7 Å². The highest BCUT2D eigenvalue weighted by Gasteiger charge is 2.22. The molecule has 16 heavy (non-hydrogen) atoms. The van der Waals surface area contributed by atoms with Gasteiger partial charge in [-0.05, 0) is 29.5 Å². The third-order valence-electron chi connectivity index (χ3n) is 1.81. The summed E-state index contributed by atoms with van der Waals surface area (Å²) in [5.74, 6) is -0.360. The number of nitriles is 1. The van der Waals surface area contributed by atoms with E-state index in [1.807, 2.05) is 41.6 Å². The Labute approximate surface area is 112 Å². The van der Waals surface area contributed by atoms with E-state index in [9.17, 15) is 4.79 Å². The van der Waals surface area contributed by atoms with Crippen molar-refractivity contribution in [1.82, 2.24) is 0 Å². The average molecular weight is 350 g/mol. The summed E-state index contributed by atoms with van der Waals surface area (Å²) in [7, 11) is 3.69. The van der Waals surface area contributed by atoms with Crippen molar-refractivity contribution >= 4 is 44.9 Å². The molecule has 0 N–H and O–H groups in total. The summed E-state index contributed by atoms with van der Waals surface area (Å²) in [5, 5.41) is 9.83. The highest BCUT2D eigenvalue weighted by molar-refractivity contribution is 14.1. The van der Waals surface area contributed by atoms with Crippen molar-refractivity contribution in [2.45, 2.75) is 6.92 Å². The number of carbonyl (C=O) groups is 1. The second-order valence-electron chi connectivity index (χ2n) is 3.15. The van der Waals surface area contributed by atoms with Gasteiger partial charge in [-0.25, -0.2) is 4.79 Å². The smallest absolute Gasteiger partial charge is 0.349 e. The number of anilines is 1. The second kappa shape index (κ2) is 5.50. The van der Waals surface area contributed by atoms with Crippen molar-refractivity contribution in [3.8, 4) is 6.07 Å². The SMILES string of the molecule is CCOC(=O)c1sc(N(C)C)c(C#N)c1I. The molecule has 1 aromatic rings. The summed E-state index contributed by atoms with van der Waals surface area (Å²) < 4.78 is 5.61. The Morgan fingerprint density at radius 1 is 1.62 bits per heavy atom. The van der Waals surface area contributed by atoms with Crippen LogP contribution in [0.15, 0.2) is 0 Å². The molecule has 6 heteroatoms. The molecule has 4 nitrogen and oxygen atoms in total. The van der Waals surface area contributed by atoms with E-state index < -0.39 is 0 Å². The molecule has 1 aromatic heterocycles. The largest absolute Gasteiger partial charge is 0.462 e.